The van der Waals surface area contributed by atoms with Crippen LogP contribution in [0.5, 0.6) is 0 Å². The zero-order valence-electron chi connectivity index (χ0n) is 12.9. The Morgan fingerprint density at radius 2 is 1.50 bits per heavy atom. The maximum Gasteiger partial charge on any atom is 0.314 e. The molecule has 0 aliphatic heterocycles. The molecular weight excluding hydrogens is 308 g/mol. The lowest BCUT2D eigenvalue weighted by Crippen LogP contribution is -2.54. The van der Waals surface area contributed by atoms with Gasteiger partial charge in [-0.1, -0.05) is 0 Å². The van der Waals surface area contributed by atoms with Gasteiger partial charge in [-0.2, -0.15) is 8.42 Å². The first-order valence-electron chi connectivity index (χ1n) is 7.77. The number of hydrogen-bond acceptors (Lipinski definition) is 5. The minimum Gasteiger partial charge on any atom is -0.432 e. The minimum absolute atomic E-state index is 0.494. The molecule has 0 radical (unpaired) electrons. The van der Waals surface area contributed by atoms with Crippen molar-refractivity contribution in [3.05, 3.63) is 0 Å². The van der Waals surface area contributed by atoms with Gasteiger partial charge < -0.3 is 4.74 Å². The fraction of sp³-hybridized carbons (Fsp3) is 0.867. The van der Waals surface area contributed by atoms with Crippen molar-refractivity contribution in [1.29, 1.82) is 0 Å². The molecule has 4 fully saturated rings. The number of esters is 1. The Morgan fingerprint density at radius 1 is 1.09 bits per heavy atom. The van der Waals surface area contributed by atoms with E-state index in [4.69, 9.17) is 4.74 Å². The first-order chi connectivity index (χ1) is 10.1. The van der Waals surface area contributed by atoms with Crippen molar-refractivity contribution in [2.24, 2.45) is 23.2 Å². The molecule has 124 valence electrons. The largest absolute Gasteiger partial charge is 0.432 e. The zero-order chi connectivity index (χ0) is 16.3. The molecule has 4 saturated carbocycles. The Balaban J connectivity index is 1.87. The van der Waals surface area contributed by atoms with Crippen LogP contribution in [0.2, 0.25) is 0 Å². The summed E-state index contributed by atoms with van der Waals surface area (Å²) in [5, 5.41) is 0. The lowest BCUT2D eigenvalue weighted by atomic mass is 9.49. The summed E-state index contributed by atoms with van der Waals surface area (Å²) < 4.78 is 37.5. The Kier molecular flexibility index (Phi) is 3.45. The van der Waals surface area contributed by atoms with Crippen LogP contribution < -0.4 is 0 Å². The Morgan fingerprint density at radius 3 is 1.82 bits per heavy atom. The van der Waals surface area contributed by atoms with Crippen molar-refractivity contribution in [2.75, 3.05) is 0 Å². The van der Waals surface area contributed by atoms with Gasteiger partial charge in [0.15, 0.2) is 5.78 Å². The van der Waals surface area contributed by atoms with Crippen LogP contribution in [0.25, 0.3) is 0 Å². The number of carbonyl (C=O) groups excluding carboxylic acids is 2. The number of hydrogen-bond donors (Lipinski definition) is 1. The lowest BCUT2D eigenvalue weighted by molar-refractivity contribution is -0.181. The predicted molar refractivity (Wildman–Crippen MR) is 77.3 cm³/mol. The predicted octanol–water partition coefficient (Wildman–Crippen LogP) is 1.94. The summed E-state index contributed by atoms with van der Waals surface area (Å²) in [5.41, 5.74) is -0.670. The first-order valence-corrected chi connectivity index (χ1v) is 9.21. The van der Waals surface area contributed by atoms with Crippen molar-refractivity contribution in [3.8, 4) is 0 Å². The topological polar surface area (TPSA) is 97.7 Å². The highest BCUT2D eigenvalue weighted by Crippen LogP contribution is 2.60. The summed E-state index contributed by atoms with van der Waals surface area (Å²) in [6.07, 6.45) is 5.52. The highest BCUT2D eigenvalue weighted by atomic mass is 32.2. The van der Waals surface area contributed by atoms with E-state index in [0.717, 1.165) is 33.1 Å². The van der Waals surface area contributed by atoms with E-state index in [0.29, 0.717) is 37.0 Å². The number of ketones is 1. The summed E-state index contributed by atoms with van der Waals surface area (Å²) in [7, 11) is -4.82. The van der Waals surface area contributed by atoms with Gasteiger partial charge in [0.25, 0.3) is 4.93 Å². The van der Waals surface area contributed by atoms with Crippen LogP contribution in [-0.2, 0) is 24.4 Å². The van der Waals surface area contributed by atoms with Gasteiger partial charge in [0.05, 0.1) is 5.41 Å². The number of Topliss-reactive ketones (excluding diaryl/α,β-unsaturated/α-hetero) is 1. The van der Waals surface area contributed by atoms with E-state index in [1.807, 2.05) is 0 Å². The van der Waals surface area contributed by atoms with E-state index >= 15 is 0 Å². The molecule has 1 atom stereocenters. The molecule has 0 heterocycles. The van der Waals surface area contributed by atoms with Crippen LogP contribution in [0.15, 0.2) is 0 Å². The molecule has 22 heavy (non-hydrogen) atoms. The average molecular weight is 330 g/mol. The number of carbonyl (C=O) groups is 2. The molecule has 4 aliphatic rings. The highest BCUT2D eigenvalue weighted by molar-refractivity contribution is 7.87. The monoisotopic (exact) mass is 330 g/mol. The summed E-state index contributed by atoms with van der Waals surface area (Å²) in [6.45, 7) is 1.95. The second-order valence-electron chi connectivity index (χ2n) is 7.56. The van der Waals surface area contributed by atoms with Gasteiger partial charge in [0.1, 0.15) is 0 Å². The molecule has 4 aliphatic carbocycles. The number of ether oxygens (including phenoxy) is 1. The van der Waals surface area contributed by atoms with Gasteiger partial charge in [-0.25, -0.2) is 0 Å². The molecule has 0 aromatic heterocycles. The van der Waals surface area contributed by atoms with Crippen LogP contribution >= 0.6 is 0 Å². The van der Waals surface area contributed by atoms with Gasteiger partial charge in [0.2, 0.25) is 0 Å². The molecule has 6 nitrogen and oxygen atoms in total. The molecule has 0 spiro atoms. The molecule has 0 amide bonds. The Hall–Kier alpha value is -0.950. The molecule has 7 heteroatoms. The summed E-state index contributed by atoms with van der Waals surface area (Å²) in [4.78, 5) is 21.9. The standard InChI is InChI=1S/C15H22O6S/c1-9(16)14(2,22(18,19)20)21-13(17)15-6-10-3-11(7-15)5-12(4-10)8-15/h10-12H,3-8H2,1-2H3,(H,18,19,20). The van der Waals surface area contributed by atoms with Gasteiger partial charge >= 0.3 is 16.1 Å². The third kappa shape index (κ3) is 2.29. The van der Waals surface area contributed by atoms with E-state index in [2.05, 4.69) is 0 Å². The van der Waals surface area contributed by atoms with Crippen molar-refractivity contribution >= 4 is 21.9 Å². The van der Waals surface area contributed by atoms with E-state index in [1.54, 1.807) is 0 Å². The molecule has 0 aromatic carbocycles. The summed E-state index contributed by atoms with van der Waals surface area (Å²) >= 11 is 0. The molecule has 4 rings (SSSR count). The first kappa shape index (κ1) is 15.9. The van der Waals surface area contributed by atoms with Crippen molar-refractivity contribution in [3.63, 3.8) is 0 Å². The van der Waals surface area contributed by atoms with Crippen molar-refractivity contribution in [2.45, 2.75) is 57.3 Å². The van der Waals surface area contributed by atoms with E-state index < -0.39 is 32.2 Å². The highest BCUT2D eigenvalue weighted by Gasteiger charge is 2.58. The molecular formula is C15H22O6S. The smallest absolute Gasteiger partial charge is 0.314 e. The summed E-state index contributed by atoms with van der Waals surface area (Å²) in [5.74, 6) is -0.0515. The van der Waals surface area contributed by atoms with E-state index in [1.165, 1.54) is 0 Å². The molecule has 1 N–H and O–H groups in total. The van der Waals surface area contributed by atoms with Crippen LogP contribution in [0.3, 0.4) is 0 Å². The summed E-state index contributed by atoms with van der Waals surface area (Å²) in [6, 6.07) is 0. The number of rotatable bonds is 4. The second kappa shape index (κ2) is 4.77. The van der Waals surface area contributed by atoms with Crippen LogP contribution in [0, 0.1) is 23.2 Å². The normalized spacial score (nSPS) is 39.3. The van der Waals surface area contributed by atoms with E-state index in [-0.39, 0.29) is 0 Å². The Bertz CT molecular complexity index is 587. The zero-order valence-corrected chi connectivity index (χ0v) is 13.7. The van der Waals surface area contributed by atoms with Gasteiger partial charge in [-0.05, 0) is 63.2 Å². The quantitative estimate of drug-likeness (QED) is 0.625. The maximum atomic E-state index is 12.7. The maximum absolute atomic E-state index is 12.7. The van der Waals surface area contributed by atoms with Crippen LogP contribution in [0.1, 0.15) is 52.4 Å². The second-order valence-corrected chi connectivity index (χ2v) is 9.29. The van der Waals surface area contributed by atoms with Gasteiger partial charge in [0, 0.05) is 6.92 Å². The lowest BCUT2D eigenvalue weighted by Gasteiger charge is -2.55. The molecule has 0 aromatic rings. The Labute approximate surface area is 130 Å². The SMILES string of the molecule is CC(=O)C(C)(OC(=O)C12CC3CC(CC(C3)C1)C2)S(=O)(=O)O. The molecule has 0 saturated heterocycles. The van der Waals surface area contributed by atoms with Crippen molar-refractivity contribution in [1.82, 2.24) is 0 Å². The third-order valence-electron chi connectivity index (χ3n) is 5.89. The van der Waals surface area contributed by atoms with Crippen LogP contribution in [-0.4, -0.2) is 29.7 Å². The minimum atomic E-state index is -4.82. The molecule has 1 unspecified atom stereocenters. The van der Waals surface area contributed by atoms with E-state index in [9.17, 15) is 22.6 Å². The van der Waals surface area contributed by atoms with Gasteiger partial charge in [-0.15, -0.1) is 0 Å². The van der Waals surface area contributed by atoms with Crippen molar-refractivity contribution < 1.29 is 27.3 Å². The molecule has 4 bridgehead atoms. The fourth-order valence-electron chi connectivity index (χ4n) is 4.95. The van der Waals surface area contributed by atoms with Crippen LogP contribution in [0.4, 0.5) is 0 Å². The average Bonchev–Trinajstić information content (AvgIpc) is 2.35. The fourth-order valence-corrected chi connectivity index (χ4v) is 5.50. The third-order valence-corrected chi connectivity index (χ3v) is 7.25. The van der Waals surface area contributed by atoms with Gasteiger partial charge in [-0.3, -0.25) is 14.1 Å².